The lowest BCUT2D eigenvalue weighted by molar-refractivity contribution is 0.318. The van der Waals surface area contributed by atoms with Crippen LogP contribution in [0.5, 0.6) is 0 Å². The molecule has 3 heteroatoms. The molecule has 1 heterocycles. The summed E-state index contributed by atoms with van der Waals surface area (Å²) >= 11 is 0. The second-order valence-electron chi connectivity index (χ2n) is 4.43. The quantitative estimate of drug-likeness (QED) is 0.827. The van der Waals surface area contributed by atoms with Crippen molar-refractivity contribution in [1.29, 1.82) is 5.26 Å². The van der Waals surface area contributed by atoms with E-state index in [9.17, 15) is 0 Å². The van der Waals surface area contributed by atoms with Gasteiger partial charge in [-0.25, -0.2) is 0 Å². The van der Waals surface area contributed by atoms with Crippen molar-refractivity contribution < 1.29 is 0 Å². The van der Waals surface area contributed by atoms with Gasteiger partial charge in [0, 0.05) is 13.1 Å². The molecule has 0 bridgehead atoms. The van der Waals surface area contributed by atoms with Gasteiger partial charge in [-0.05, 0) is 43.1 Å². The first-order valence-electron chi connectivity index (χ1n) is 5.73. The van der Waals surface area contributed by atoms with Crippen molar-refractivity contribution in [2.24, 2.45) is 11.7 Å². The van der Waals surface area contributed by atoms with Gasteiger partial charge in [0.15, 0.2) is 0 Å². The molecule has 0 radical (unpaired) electrons. The van der Waals surface area contributed by atoms with Crippen LogP contribution < -0.4 is 5.73 Å². The van der Waals surface area contributed by atoms with Crippen molar-refractivity contribution in [2.45, 2.75) is 13.0 Å². The van der Waals surface area contributed by atoms with E-state index in [-0.39, 0.29) is 0 Å². The fourth-order valence-electron chi connectivity index (χ4n) is 2.19. The first-order valence-corrected chi connectivity index (χ1v) is 5.73. The molecule has 1 aromatic rings. The third-order valence-corrected chi connectivity index (χ3v) is 3.19. The highest BCUT2D eigenvalue weighted by molar-refractivity contribution is 5.31. The minimum Gasteiger partial charge on any atom is -0.330 e. The maximum Gasteiger partial charge on any atom is 0.0991 e. The second-order valence-corrected chi connectivity index (χ2v) is 4.43. The molecule has 3 nitrogen and oxygen atoms in total. The Balaban J connectivity index is 1.92. The third kappa shape index (κ3) is 2.60. The Bertz CT molecular complexity index is 377. The Labute approximate surface area is 96.5 Å². The first-order chi connectivity index (χ1) is 7.81. The fraction of sp³-hybridized carbons (Fsp3) is 0.462. The average molecular weight is 215 g/mol. The smallest absolute Gasteiger partial charge is 0.0991 e. The van der Waals surface area contributed by atoms with E-state index in [4.69, 9.17) is 11.0 Å². The van der Waals surface area contributed by atoms with E-state index < -0.39 is 0 Å². The SMILES string of the molecule is N#Cc1ccc(CN2CCC(CN)C2)cc1. The fourth-order valence-corrected chi connectivity index (χ4v) is 2.19. The van der Waals surface area contributed by atoms with Crippen LogP contribution in [0, 0.1) is 17.2 Å². The van der Waals surface area contributed by atoms with E-state index in [1.165, 1.54) is 12.0 Å². The predicted molar refractivity (Wildman–Crippen MR) is 63.6 cm³/mol. The van der Waals surface area contributed by atoms with Gasteiger partial charge in [-0.3, -0.25) is 4.90 Å². The van der Waals surface area contributed by atoms with Crippen LogP contribution in [0.4, 0.5) is 0 Å². The molecule has 0 aromatic heterocycles. The van der Waals surface area contributed by atoms with E-state index in [1.54, 1.807) is 0 Å². The van der Waals surface area contributed by atoms with E-state index in [1.807, 2.05) is 24.3 Å². The Morgan fingerprint density at radius 2 is 2.12 bits per heavy atom. The number of benzene rings is 1. The van der Waals surface area contributed by atoms with Crippen molar-refractivity contribution >= 4 is 0 Å². The van der Waals surface area contributed by atoms with Crippen molar-refractivity contribution in [3.63, 3.8) is 0 Å². The van der Waals surface area contributed by atoms with Crippen molar-refractivity contribution in [1.82, 2.24) is 4.90 Å². The molecule has 1 atom stereocenters. The largest absolute Gasteiger partial charge is 0.330 e. The van der Waals surface area contributed by atoms with Gasteiger partial charge in [0.2, 0.25) is 0 Å². The molecule has 1 aliphatic heterocycles. The number of hydrogen-bond donors (Lipinski definition) is 1. The van der Waals surface area contributed by atoms with E-state index in [0.717, 1.165) is 31.7 Å². The molecule has 0 spiro atoms. The number of likely N-dealkylation sites (tertiary alicyclic amines) is 1. The van der Waals surface area contributed by atoms with Crippen LogP contribution in [0.3, 0.4) is 0 Å². The van der Waals surface area contributed by atoms with Crippen LogP contribution in [0.2, 0.25) is 0 Å². The Kier molecular flexibility index (Phi) is 3.55. The summed E-state index contributed by atoms with van der Waals surface area (Å²) in [5.74, 6) is 0.665. The summed E-state index contributed by atoms with van der Waals surface area (Å²) < 4.78 is 0. The molecular weight excluding hydrogens is 198 g/mol. The molecule has 2 N–H and O–H groups in total. The number of rotatable bonds is 3. The normalized spacial score (nSPS) is 20.9. The van der Waals surface area contributed by atoms with Gasteiger partial charge < -0.3 is 5.73 Å². The Morgan fingerprint density at radius 3 is 2.69 bits per heavy atom. The highest BCUT2D eigenvalue weighted by Crippen LogP contribution is 2.17. The van der Waals surface area contributed by atoms with Crippen molar-refractivity contribution in [3.8, 4) is 6.07 Å². The molecule has 16 heavy (non-hydrogen) atoms. The van der Waals surface area contributed by atoms with E-state index in [0.29, 0.717) is 5.92 Å². The maximum atomic E-state index is 8.71. The standard InChI is InChI=1S/C13H17N3/c14-7-11-1-3-12(4-2-11)9-16-6-5-13(8-15)10-16/h1-4,13H,5-6,8-10,15H2. The minimum absolute atomic E-state index is 0.665. The molecule has 0 amide bonds. The Hall–Kier alpha value is -1.37. The lowest BCUT2D eigenvalue weighted by Crippen LogP contribution is -2.22. The number of nitriles is 1. The molecule has 1 aromatic carbocycles. The van der Waals surface area contributed by atoms with Crippen LogP contribution in [0.25, 0.3) is 0 Å². The molecular formula is C13H17N3. The third-order valence-electron chi connectivity index (χ3n) is 3.19. The van der Waals surface area contributed by atoms with Gasteiger partial charge in [-0.2, -0.15) is 5.26 Å². The molecule has 0 aliphatic carbocycles. The van der Waals surface area contributed by atoms with Gasteiger partial charge in [-0.15, -0.1) is 0 Å². The van der Waals surface area contributed by atoms with Gasteiger partial charge in [0.05, 0.1) is 11.6 Å². The van der Waals surface area contributed by atoms with Crippen LogP contribution in [0.1, 0.15) is 17.5 Å². The van der Waals surface area contributed by atoms with Gasteiger partial charge in [-0.1, -0.05) is 12.1 Å². The van der Waals surface area contributed by atoms with Crippen molar-refractivity contribution in [2.75, 3.05) is 19.6 Å². The Morgan fingerprint density at radius 1 is 1.38 bits per heavy atom. The summed E-state index contributed by atoms with van der Waals surface area (Å²) in [6.45, 7) is 4.02. The van der Waals surface area contributed by atoms with Gasteiger partial charge >= 0.3 is 0 Å². The summed E-state index contributed by atoms with van der Waals surface area (Å²) in [5, 5.41) is 8.71. The highest BCUT2D eigenvalue weighted by Gasteiger charge is 2.20. The highest BCUT2D eigenvalue weighted by atomic mass is 15.1. The predicted octanol–water partition coefficient (Wildman–Crippen LogP) is 1.34. The summed E-state index contributed by atoms with van der Waals surface area (Å²) in [5.41, 5.74) is 7.67. The van der Waals surface area contributed by atoms with Crippen molar-refractivity contribution in [3.05, 3.63) is 35.4 Å². The zero-order valence-electron chi connectivity index (χ0n) is 9.39. The van der Waals surface area contributed by atoms with Gasteiger partial charge in [0.1, 0.15) is 0 Å². The van der Waals surface area contributed by atoms with E-state index >= 15 is 0 Å². The van der Waals surface area contributed by atoms with Crippen LogP contribution in [-0.4, -0.2) is 24.5 Å². The molecule has 1 aliphatic rings. The number of nitrogens with zero attached hydrogens (tertiary/aromatic N) is 2. The molecule has 1 saturated heterocycles. The molecule has 1 unspecified atom stereocenters. The maximum absolute atomic E-state index is 8.71. The average Bonchev–Trinajstić information content (AvgIpc) is 2.78. The topological polar surface area (TPSA) is 53.0 Å². The van der Waals surface area contributed by atoms with E-state index in [2.05, 4.69) is 11.0 Å². The van der Waals surface area contributed by atoms with Crippen LogP contribution in [-0.2, 0) is 6.54 Å². The first kappa shape index (κ1) is 11.1. The zero-order chi connectivity index (χ0) is 11.4. The summed E-state index contributed by atoms with van der Waals surface area (Å²) in [6.07, 6.45) is 1.22. The summed E-state index contributed by atoms with van der Waals surface area (Å²) in [6, 6.07) is 9.97. The second kappa shape index (κ2) is 5.11. The monoisotopic (exact) mass is 215 g/mol. The molecule has 2 rings (SSSR count). The molecule has 84 valence electrons. The summed E-state index contributed by atoms with van der Waals surface area (Å²) in [4.78, 5) is 2.43. The molecule has 0 saturated carbocycles. The lowest BCUT2D eigenvalue weighted by atomic mass is 10.1. The number of nitrogens with two attached hydrogens (primary N) is 1. The zero-order valence-corrected chi connectivity index (χ0v) is 9.39. The lowest BCUT2D eigenvalue weighted by Gasteiger charge is -2.15. The van der Waals surface area contributed by atoms with Crippen LogP contribution in [0.15, 0.2) is 24.3 Å². The van der Waals surface area contributed by atoms with Crippen LogP contribution >= 0.6 is 0 Å². The minimum atomic E-state index is 0.665. The number of hydrogen-bond acceptors (Lipinski definition) is 3. The molecule has 1 fully saturated rings. The summed E-state index contributed by atoms with van der Waals surface area (Å²) in [7, 11) is 0. The van der Waals surface area contributed by atoms with Gasteiger partial charge in [0.25, 0.3) is 0 Å².